The van der Waals surface area contributed by atoms with Crippen LogP contribution in [-0.4, -0.2) is 4.83 Å². The van der Waals surface area contributed by atoms with E-state index in [0.29, 0.717) is 5.56 Å². The average molecular weight is 265 g/mol. The van der Waals surface area contributed by atoms with E-state index in [-0.39, 0.29) is 10.7 Å². The molecule has 1 aliphatic rings. The van der Waals surface area contributed by atoms with Gasteiger partial charge in [-0.15, -0.1) is 0 Å². The summed E-state index contributed by atoms with van der Waals surface area (Å²) in [5, 5.41) is 0. The largest absolute Gasteiger partial charge is 0.416 e. The zero-order valence-corrected chi connectivity index (χ0v) is 8.77. The van der Waals surface area contributed by atoms with Gasteiger partial charge >= 0.3 is 6.18 Å². The third kappa shape index (κ3) is 1.80. The molecule has 0 saturated heterocycles. The van der Waals surface area contributed by atoms with Gasteiger partial charge in [-0.3, -0.25) is 0 Å². The first kappa shape index (κ1) is 10.0. The van der Waals surface area contributed by atoms with Gasteiger partial charge in [0.1, 0.15) is 0 Å². The Morgan fingerprint density at radius 2 is 1.79 bits per heavy atom. The molecule has 0 heterocycles. The molecule has 0 amide bonds. The fraction of sp³-hybridized carbons (Fsp3) is 0.400. The highest BCUT2D eigenvalue weighted by molar-refractivity contribution is 9.09. The molecule has 0 aromatic heterocycles. The molecule has 0 N–H and O–H groups in total. The molecule has 76 valence electrons. The Labute approximate surface area is 88.2 Å². The van der Waals surface area contributed by atoms with E-state index < -0.39 is 11.7 Å². The Morgan fingerprint density at radius 1 is 1.21 bits per heavy atom. The molecule has 0 radical (unpaired) electrons. The van der Waals surface area contributed by atoms with E-state index in [9.17, 15) is 13.2 Å². The van der Waals surface area contributed by atoms with Crippen LogP contribution in [0, 0.1) is 0 Å². The van der Waals surface area contributed by atoms with E-state index in [0.717, 1.165) is 12.5 Å². The van der Waals surface area contributed by atoms with Crippen molar-refractivity contribution in [3.63, 3.8) is 0 Å². The molecule has 1 aromatic carbocycles. The van der Waals surface area contributed by atoms with Crippen LogP contribution < -0.4 is 0 Å². The van der Waals surface area contributed by atoms with Gasteiger partial charge in [-0.1, -0.05) is 34.1 Å². The molecule has 2 atom stereocenters. The summed E-state index contributed by atoms with van der Waals surface area (Å²) in [5.74, 6) is 0.0350. The van der Waals surface area contributed by atoms with Crippen LogP contribution in [0.4, 0.5) is 13.2 Å². The summed E-state index contributed by atoms with van der Waals surface area (Å²) in [4.78, 5) is 0.214. The van der Waals surface area contributed by atoms with E-state index in [1.807, 2.05) is 0 Å². The number of hydrogen-bond acceptors (Lipinski definition) is 0. The van der Waals surface area contributed by atoms with Crippen molar-refractivity contribution in [3.05, 3.63) is 35.4 Å². The third-order valence-corrected chi connectivity index (χ3v) is 3.39. The van der Waals surface area contributed by atoms with Crippen molar-refractivity contribution in [2.45, 2.75) is 23.3 Å². The second-order valence-electron chi connectivity index (χ2n) is 3.44. The maximum absolute atomic E-state index is 12.5. The number of alkyl halides is 4. The molecule has 1 aliphatic carbocycles. The first-order valence-electron chi connectivity index (χ1n) is 4.30. The highest BCUT2D eigenvalue weighted by Gasteiger charge is 2.42. The van der Waals surface area contributed by atoms with Gasteiger partial charge in [-0.05, 0) is 24.0 Å². The van der Waals surface area contributed by atoms with Crippen molar-refractivity contribution in [1.82, 2.24) is 0 Å². The molecule has 1 fully saturated rings. The molecule has 1 aromatic rings. The van der Waals surface area contributed by atoms with Gasteiger partial charge in [0, 0.05) is 4.83 Å². The van der Waals surface area contributed by atoms with Crippen LogP contribution in [-0.2, 0) is 6.18 Å². The van der Waals surface area contributed by atoms with Crippen molar-refractivity contribution < 1.29 is 13.2 Å². The van der Waals surface area contributed by atoms with Crippen molar-refractivity contribution in [2.75, 3.05) is 0 Å². The molecular formula is C10H8BrF3. The minimum absolute atomic E-state index is 0.0350. The zero-order valence-electron chi connectivity index (χ0n) is 7.18. The summed E-state index contributed by atoms with van der Waals surface area (Å²) in [6.07, 6.45) is -3.43. The Bertz CT molecular complexity index is 345. The lowest BCUT2D eigenvalue weighted by atomic mass is 10.0. The molecule has 2 rings (SSSR count). The number of halogens is 4. The molecule has 0 aliphatic heterocycles. The molecule has 0 spiro atoms. The standard InChI is InChI=1S/C10H8BrF3/c11-9-5-7(9)6-3-1-2-4-8(6)10(12,13)14/h1-4,7,9H,5H2. The Morgan fingerprint density at radius 3 is 2.29 bits per heavy atom. The van der Waals surface area contributed by atoms with Crippen LogP contribution in [0.5, 0.6) is 0 Å². The average Bonchev–Trinajstić information content (AvgIpc) is 2.81. The Balaban J connectivity index is 2.39. The van der Waals surface area contributed by atoms with E-state index in [4.69, 9.17) is 0 Å². The van der Waals surface area contributed by atoms with Crippen LogP contribution in [0.1, 0.15) is 23.5 Å². The molecule has 2 unspecified atom stereocenters. The van der Waals surface area contributed by atoms with Crippen molar-refractivity contribution in [2.24, 2.45) is 0 Å². The summed E-state index contributed by atoms with van der Waals surface area (Å²) in [5.41, 5.74) is -0.0752. The highest BCUT2D eigenvalue weighted by Crippen LogP contribution is 2.49. The van der Waals surface area contributed by atoms with Crippen molar-refractivity contribution in [1.29, 1.82) is 0 Å². The van der Waals surface area contributed by atoms with Crippen molar-refractivity contribution in [3.8, 4) is 0 Å². The lowest BCUT2D eigenvalue weighted by molar-refractivity contribution is -0.138. The van der Waals surface area contributed by atoms with E-state index in [1.54, 1.807) is 12.1 Å². The fourth-order valence-corrected chi connectivity index (χ4v) is 2.25. The first-order chi connectivity index (χ1) is 6.50. The van der Waals surface area contributed by atoms with Gasteiger partial charge in [0.25, 0.3) is 0 Å². The van der Waals surface area contributed by atoms with Gasteiger partial charge in [0.05, 0.1) is 5.56 Å². The van der Waals surface area contributed by atoms with Gasteiger partial charge in [-0.2, -0.15) is 13.2 Å². The van der Waals surface area contributed by atoms with Crippen LogP contribution in [0.15, 0.2) is 24.3 Å². The Kier molecular flexibility index (Phi) is 2.33. The minimum Gasteiger partial charge on any atom is -0.166 e. The summed E-state index contributed by atoms with van der Waals surface area (Å²) in [6.45, 7) is 0. The van der Waals surface area contributed by atoms with Gasteiger partial charge in [0.15, 0.2) is 0 Å². The van der Waals surface area contributed by atoms with E-state index >= 15 is 0 Å². The lowest BCUT2D eigenvalue weighted by Gasteiger charge is -2.11. The third-order valence-electron chi connectivity index (χ3n) is 2.38. The fourth-order valence-electron chi connectivity index (χ4n) is 1.56. The smallest absolute Gasteiger partial charge is 0.166 e. The van der Waals surface area contributed by atoms with Gasteiger partial charge in [-0.25, -0.2) is 0 Å². The van der Waals surface area contributed by atoms with Crippen molar-refractivity contribution >= 4 is 15.9 Å². The SMILES string of the molecule is FC(F)(F)c1ccccc1C1CC1Br. The summed E-state index contributed by atoms with van der Waals surface area (Å²) in [6, 6.07) is 5.79. The molecule has 4 heteroatoms. The lowest BCUT2D eigenvalue weighted by Crippen LogP contribution is -2.08. The number of hydrogen-bond donors (Lipinski definition) is 0. The molecule has 1 saturated carbocycles. The second kappa shape index (κ2) is 3.26. The minimum atomic E-state index is -4.23. The van der Waals surface area contributed by atoms with Crippen LogP contribution in [0.25, 0.3) is 0 Å². The highest BCUT2D eigenvalue weighted by atomic mass is 79.9. The molecule has 0 bridgehead atoms. The number of rotatable bonds is 1. The maximum atomic E-state index is 12.5. The van der Waals surface area contributed by atoms with E-state index in [2.05, 4.69) is 15.9 Å². The Hall–Kier alpha value is -0.510. The molecular weight excluding hydrogens is 257 g/mol. The number of benzene rings is 1. The van der Waals surface area contributed by atoms with Crippen LogP contribution in [0.3, 0.4) is 0 Å². The first-order valence-corrected chi connectivity index (χ1v) is 5.22. The zero-order chi connectivity index (χ0) is 10.3. The maximum Gasteiger partial charge on any atom is 0.416 e. The quantitative estimate of drug-likeness (QED) is 0.674. The van der Waals surface area contributed by atoms with Crippen LogP contribution in [0.2, 0.25) is 0 Å². The molecule has 0 nitrogen and oxygen atoms in total. The second-order valence-corrected chi connectivity index (χ2v) is 4.62. The normalized spacial score (nSPS) is 26.3. The topological polar surface area (TPSA) is 0 Å². The predicted octanol–water partition coefficient (Wildman–Crippen LogP) is 3.96. The van der Waals surface area contributed by atoms with Crippen LogP contribution >= 0.6 is 15.9 Å². The summed E-state index contributed by atoms with van der Waals surface area (Å²) < 4.78 is 37.6. The predicted molar refractivity (Wildman–Crippen MR) is 51.5 cm³/mol. The summed E-state index contributed by atoms with van der Waals surface area (Å²) in [7, 11) is 0. The van der Waals surface area contributed by atoms with Gasteiger partial charge in [0.2, 0.25) is 0 Å². The summed E-state index contributed by atoms with van der Waals surface area (Å²) >= 11 is 3.32. The monoisotopic (exact) mass is 264 g/mol. The van der Waals surface area contributed by atoms with E-state index in [1.165, 1.54) is 6.07 Å². The molecule has 14 heavy (non-hydrogen) atoms. The van der Waals surface area contributed by atoms with Gasteiger partial charge < -0.3 is 0 Å².